The molecule has 1 saturated heterocycles. The van der Waals surface area contributed by atoms with Gasteiger partial charge in [-0.15, -0.1) is 0 Å². The lowest BCUT2D eigenvalue weighted by molar-refractivity contribution is 0.0342. The molecule has 3 rings (SSSR count). The highest BCUT2D eigenvalue weighted by molar-refractivity contribution is 6.32. The summed E-state index contributed by atoms with van der Waals surface area (Å²) < 4.78 is 10.5. The molecule has 25 heavy (non-hydrogen) atoms. The minimum Gasteiger partial charge on any atom is -0.495 e. The number of carbonyl (C=O) groups excluding carboxylic acids is 1. The Morgan fingerprint density at radius 2 is 1.92 bits per heavy atom. The van der Waals surface area contributed by atoms with E-state index in [1.165, 1.54) is 5.56 Å². The summed E-state index contributed by atoms with van der Waals surface area (Å²) >= 11 is 6.08. The van der Waals surface area contributed by atoms with Crippen molar-refractivity contribution in [2.75, 3.05) is 38.7 Å². The van der Waals surface area contributed by atoms with Crippen LogP contribution >= 0.6 is 11.6 Å². The highest BCUT2D eigenvalue weighted by Gasteiger charge is 2.12. The Hall–Kier alpha value is -2.08. The zero-order valence-electron chi connectivity index (χ0n) is 14.1. The average molecular weight is 361 g/mol. The van der Waals surface area contributed by atoms with Crippen LogP contribution in [0.2, 0.25) is 5.02 Å². The van der Waals surface area contributed by atoms with Crippen LogP contribution < -0.4 is 10.1 Å². The predicted octanol–water partition coefficient (Wildman–Crippen LogP) is 3.43. The first kappa shape index (κ1) is 17.7. The van der Waals surface area contributed by atoms with E-state index in [0.717, 1.165) is 32.8 Å². The van der Waals surface area contributed by atoms with E-state index in [9.17, 15) is 4.79 Å². The fourth-order valence-corrected chi connectivity index (χ4v) is 2.98. The van der Waals surface area contributed by atoms with Gasteiger partial charge in [0.05, 0.1) is 25.3 Å². The number of hydrogen-bond acceptors (Lipinski definition) is 4. The molecule has 0 atom stereocenters. The Bertz CT molecular complexity index is 728. The molecule has 0 aromatic heterocycles. The van der Waals surface area contributed by atoms with Gasteiger partial charge in [-0.2, -0.15) is 0 Å². The molecular formula is C19H21ClN2O3. The number of amides is 1. The van der Waals surface area contributed by atoms with Gasteiger partial charge in [-0.05, 0) is 35.9 Å². The first-order valence-electron chi connectivity index (χ1n) is 8.19. The van der Waals surface area contributed by atoms with E-state index in [1.807, 2.05) is 24.3 Å². The second-order valence-corrected chi connectivity index (χ2v) is 6.30. The van der Waals surface area contributed by atoms with Crippen LogP contribution in [0.5, 0.6) is 5.75 Å². The fraction of sp³-hybridized carbons (Fsp3) is 0.316. The number of carbonyl (C=O) groups is 1. The molecule has 2 aromatic carbocycles. The van der Waals surface area contributed by atoms with E-state index >= 15 is 0 Å². The number of nitrogens with zero attached hydrogens (tertiary/aromatic N) is 1. The molecular weight excluding hydrogens is 340 g/mol. The molecule has 0 radical (unpaired) electrons. The molecule has 0 aliphatic carbocycles. The molecule has 0 unspecified atom stereocenters. The van der Waals surface area contributed by atoms with Crippen LogP contribution in [0.15, 0.2) is 42.5 Å². The number of halogens is 1. The van der Waals surface area contributed by atoms with E-state index < -0.39 is 0 Å². The summed E-state index contributed by atoms with van der Waals surface area (Å²) in [6, 6.07) is 12.8. The maximum Gasteiger partial charge on any atom is 0.255 e. The molecule has 1 heterocycles. The molecule has 1 aliphatic heterocycles. The quantitative estimate of drug-likeness (QED) is 0.887. The predicted molar refractivity (Wildman–Crippen MR) is 98.5 cm³/mol. The summed E-state index contributed by atoms with van der Waals surface area (Å²) in [6.45, 7) is 4.33. The Morgan fingerprint density at radius 3 is 2.56 bits per heavy atom. The number of hydrogen-bond donors (Lipinski definition) is 1. The lowest BCUT2D eigenvalue weighted by atomic mass is 10.1. The van der Waals surface area contributed by atoms with E-state index in [-0.39, 0.29) is 5.91 Å². The molecule has 1 amide bonds. The zero-order valence-corrected chi connectivity index (χ0v) is 14.9. The van der Waals surface area contributed by atoms with Gasteiger partial charge in [-0.1, -0.05) is 23.7 Å². The van der Waals surface area contributed by atoms with Gasteiger partial charge in [-0.25, -0.2) is 0 Å². The summed E-state index contributed by atoms with van der Waals surface area (Å²) in [5.41, 5.74) is 2.43. The van der Waals surface area contributed by atoms with Crippen LogP contribution in [0.3, 0.4) is 0 Å². The lowest BCUT2D eigenvalue weighted by Gasteiger charge is -2.26. The first-order valence-corrected chi connectivity index (χ1v) is 8.57. The van der Waals surface area contributed by atoms with Gasteiger partial charge in [0.15, 0.2) is 0 Å². The van der Waals surface area contributed by atoms with E-state index in [0.29, 0.717) is 22.0 Å². The smallest absolute Gasteiger partial charge is 0.255 e. The molecule has 1 N–H and O–H groups in total. The van der Waals surface area contributed by atoms with Crippen molar-refractivity contribution < 1.29 is 14.3 Å². The summed E-state index contributed by atoms with van der Waals surface area (Å²) in [6.07, 6.45) is 0. The number of methoxy groups -OCH3 is 1. The van der Waals surface area contributed by atoms with Crippen molar-refractivity contribution in [2.45, 2.75) is 6.54 Å². The third-order valence-corrected chi connectivity index (χ3v) is 4.43. The van der Waals surface area contributed by atoms with Crippen molar-refractivity contribution in [1.29, 1.82) is 0 Å². The van der Waals surface area contributed by atoms with E-state index in [2.05, 4.69) is 10.2 Å². The van der Waals surface area contributed by atoms with Crippen LogP contribution in [0.25, 0.3) is 0 Å². The number of nitrogens with one attached hydrogen (secondary N) is 1. The highest BCUT2D eigenvalue weighted by atomic mass is 35.5. The van der Waals surface area contributed by atoms with Gasteiger partial charge in [0.1, 0.15) is 5.75 Å². The minimum atomic E-state index is -0.167. The van der Waals surface area contributed by atoms with Gasteiger partial charge in [0.2, 0.25) is 0 Å². The summed E-state index contributed by atoms with van der Waals surface area (Å²) in [4.78, 5) is 14.7. The molecule has 6 heteroatoms. The molecule has 2 aromatic rings. The van der Waals surface area contributed by atoms with Crippen molar-refractivity contribution in [2.24, 2.45) is 0 Å². The number of anilines is 1. The second-order valence-electron chi connectivity index (χ2n) is 5.89. The van der Waals surface area contributed by atoms with Gasteiger partial charge in [-0.3, -0.25) is 9.69 Å². The number of benzene rings is 2. The molecule has 132 valence electrons. The van der Waals surface area contributed by atoms with Crippen LogP contribution in [-0.4, -0.2) is 44.2 Å². The SMILES string of the molecule is COc1ccc(NC(=O)c2ccc(CN3CCOCC3)cc2)cc1Cl. The highest BCUT2D eigenvalue weighted by Crippen LogP contribution is 2.27. The normalized spacial score (nSPS) is 15.0. The number of ether oxygens (including phenoxy) is 2. The Balaban J connectivity index is 1.61. The third-order valence-electron chi connectivity index (χ3n) is 4.14. The van der Waals surface area contributed by atoms with Gasteiger partial charge >= 0.3 is 0 Å². The summed E-state index contributed by atoms with van der Waals surface area (Å²) in [7, 11) is 1.55. The zero-order chi connectivity index (χ0) is 17.6. The van der Waals surface area contributed by atoms with Crippen LogP contribution in [-0.2, 0) is 11.3 Å². The maximum absolute atomic E-state index is 12.4. The van der Waals surface area contributed by atoms with Crippen molar-refractivity contribution in [3.63, 3.8) is 0 Å². The number of morpholine rings is 1. The van der Waals surface area contributed by atoms with Crippen LogP contribution in [0, 0.1) is 0 Å². The topological polar surface area (TPSA) is 50.8 Å². The average Bonchev–Trinajstić information content (AvgIpc) is 2.63. The van der Waals surface area contributed by atoms with Crippen LogP contribution in [0.1, 0.15) is 15.9 Å². The molecule has 0 saturated carbocycles. The first-order chi connectivity index (χ1) is 12.2. The Labute approximate surface area is 152 Å². The Morgan fingerprint density at radius 1 is 1.20 bits per heavy atom. The maximum atomic E-state index is 12.4. The lowest BCUT2D eigenvalue weighted by Crippen LogP contribution is -2.35. The van der Waals surface area contributed by atoms with Gasteiger partial charge in [0, 0.05) is 30.9 Å². The van der Waals surface area contributed by atoms with E-state index in [1.54, 1.807) is 25.3 Å². The van der Waals surface area contributed by atoms with Crippen molar-refractivity contribution in [1.82, 2.24) is 4.90 Å². The Kier molecular flexibility index (Phi) is 5.91. The summed E-state index contributed by atoms with van der Waals surface area (Å²) in [5, 5.41) is 3.30. The van der Waals surface area contributed by atoms with Crippen molar-refractivity contribution in [3.05, 3.63) is 58.6 Å². The molecule has 1 aliphatic rings. The largest absolute Gasteiger partial charge is 0.495 e. The summed E-state index contributed by atoms with van der Waals surface area (Å²) in [5.74, 6) is 0.409. The fourth-order valence-electron chi connectivity index (χ4n) is 2.73. The standard InChI is InChI=1S/C19H21ClN2O3/c1-24-18-7-6-16(12-17(18)20)21-19(23)15-4-2-14(3-5-15)13-22-8-10-25-11-9-22/h2-7,12H,8-11,13H2,1H3,(H,21,23). The van der Waals surface area contributed by atoms with Gasteiger partial charge < -0.3 is 14.8 Å². The minimum absolute atomic E-state index is 0.167. The molecule has 0 bridgehead atoms. The van der Waals surface area contributed by atoms with Crippen LogP contribution in [0.4, 0.5) is 5.69 Å². The van der Waals surface area contributed by atoms with Gasteiger partial charge in [0.25, 0.3) is 5.91 Å². The van der Waals surface area contributed by atoms with Crippen molar-refractivity contribution >= 4 is 23.2 Å². The monoisotopic (exact) mass is 360 g/mol. The third kappa shape index (κ3) is 4.72. The molecule has 5 nitrogen and oxygen atoms in total. The van der Waals surface area contributed by atoms with Crippen molar-refractivity contribution in [3.8, 4) is 5.75 Å². The second kappa shape index (κ2) is 8.34. The number of rotatable bonds is 5. The molecule has 0 spiro atoms. The van der Waals surface area contributed by atoms with E-state index in [4.69, 9.17) is 21.1 Å². The molecule has 1 fully saturated rings.